The molecule has 106 valence electrons. The summed E-state index contributed by atoms with van der Waals surface area (Å²) in [5.74, 6) is -0.528. The van der Waals surface area contributed by atoms with Crippen LogP contribution in [0, 0.1) is 5.92 Å². The van der Waals surface area contributed by atoms with Crippen molar-refractivity contribution in [1.82, 2.24) is 15.4 Å². The lowest BCUT2D eigenvalue weighted by molar-refractivity contribution is -0.125. The maximum atomic E-state index is 11.8. The molecule has 0 aromatic heterocycles. The normalized spacial score (nSPS) is 24.1. The molecule has 1 aliphatic heterocycles. The van der Waals surface area contributed by atoms with E-state index in [1.54, 1.807) is 14.0 Å². The van der Waals surface area contributed by atoms with Crippen LogP contribution < -0.4 is 15.4 Å². The number of hydrogen-bond donors (Lipinski definition) is 3. The molecule has 1 aliphatic rings. The summed E-state index contributed by atoms with van der Waals surface area (Å²) in [5.41, 5.74) is 0. The third-order valence-electron chi connectivity index (χ3n) is 2.82. The standard InChI is InChI=1S/C10H21N3O4S/c1-3-13-18(15,16)5-4-12-10(14)8-6-17-7-9(8)11-2/h8-9,11,13H,3-7H2,1-2H3,(H,12,14). The van der Waals surface area contributed by atoms with Crippen molar-refractivity contribution in [1.29, 1.82) is 0 Å². The highest BCUT2D eigenvalue weighted by Gasteiger charge is 2.32. The Balaban J connectivity index is 2.33. The second-order valence-electron chi connectivity index (χ2n) is 4.15. The predicted octanol–water partition coefficient (Wildman–Crippen LogP) is -1.72. The van der Waals surface area contributed by atoms with Crippen LogP contribution in [0.15, 0.2) is 0 Å². The summed E-state index contributed by atoms with van der Waals surface area (Å²) in [6.07, 6.45) is 0. The smallest absolute Gasteiger partial charge is 0.227 e. The summed E-state index contributed by atoms with van der Waals surface area (Å²) in [6, 6.07) is -0.00428. The van der Waals surface area contributed by atoms with Crippen molar-refractivity contribution >= 4 is 15.9 Å². The van der Waals surface area contributed by atoms with Crippen LogP contribution in [0.1, 0.15) is 6.92 Å². The fourth-order valence-corrected chi connectivity index (χ4v) is 2.78. The molecule has 0 aliphatic carbocycles. The molecule has 1 saturated heterocycles. The summed E-state index contributed by atoms with van der Waals surface area (Å²) in [6.45, 7) is 3.06. The van der Waals surface area contributed by atoms with Gasteiger partial charge in [0, 0.05) is 19.1 Å². The fourth-order valence-electron chi connectivity index (χ4n) is 1.83. The van der Waals surface area contributed by atoms with Crippen molar-refractivity contribution in [2.45, 2.75) is 13.0 Å². The van der Waals surface area contributed by atoms with E-state index in [1.165, 1.54) is 0 Å². The average Bonchev–Trinajstić information content (AvgIpc) is 2.76. The molecule has 0 aromatic rings. The highest BCUT2D eigenvalue weighted by atomic mass is 32.2. The number of ether oxygens (including phenoxy) is 1. The summed E-state index contributed by atoms with van der Waals surface area (Å²) < 4.78 is 30.3. The van der Waals surface area contributed by atoms with Crippen LogP contribution in [0.2, 0.25) is 0 Å². The molecule has 0 saturated carbocycles. The van der Waals surface area contributed by atoms with Crippen LogP contribution in [-0.4, -0.2) is 59.5 Å². The van der Waals surface area contributed by atoms with Gasteiger partial charge in [0.05, 0.1) is 24.9 Å². The van der Waals surface area contributed by atoms with Crippen LogP contribution in [0.4, 0.5) is 0 Å². The Kier molecular flexibility index (Phi) is 6.00. The van der Waals surface area contributed by atoms with Crippen LogP contribution in [0.3, 0.4) is 0 Å². The fraction of sp³-hybridized carbons (Fsp3) is 0.900. The molecule has 1 heterocycles. The summed E-state index contributed by atoms with van der Waals surface area (Å²) >= 11 is 0. The molecule has 0 aromatic carbocycles. The van der Waals surface area contributed by atoms with Crippen LogP contribution in [0.5, 0.6) is 0 Å². The second-order valence-corrected chi connectivity index (χ2v) is 6.07. The summed E-state index contributed by atoms with van der Waals surface area (Å²) in [5, 5.41) is 5.63. The largest absolute Gasteiger partial charge is 0.379 e. The number of carbonyl (C=O) groups excluding carboxylic acids is 1. The molecule has 0 bridgehead atoms. The van der Waals surface area contributed by atoms with Crippen molar-refractivity contribution in [3.8, 4) is 0 Å². The Labute approximate surface area is 108 Å². The van der Waals surface area contributed by atoms with Gasteiger partial charge in [-0.25, -0.2) is 13.1 Å². The first-order chi connectivity index (χ1) is 8.50. The van der Waals surface area contributed by atoms with Gasteiger partial charge in [-0.15, -0.1) is 0 Å². The van der Waals surface area contributed by atoms with E-state index in [9.17, 15) is 13.2 Å². The van der Waals surface area contributed by atoms with Crippen molar-refractivity contribution in [2.24, 2.45) is 5.92 Å². The molecule has 1 rings (SSSR count). The number of sulfonamides is 1. The molecule has 0 spiro atoms. The maximum Gasteiger partial charge on any atom is 0.227 e. The number of amides is 1. The zero-order valence-electron chi connectivity index (χ0n) is 10.7. The highest BCUT2D eigenvalue weighted by Crippen LogP contribution is 2.13. The lowest BCUT2D eigenvalue weighted by Crippen LogP contribution is -2.44. The zero-order chi connectivity index (χ0) is 13.6. The van der Waals surface area contributed by atoms with E-state index in [0.29, 0.717) is 19.8 Å². The molecular formula is C10H21N3O4S. The van der Waals surface area contributed by atoms with E-state index in [2.05, 4.69) is 15.4 Å². The van der Waals surface area contributed by atoms with Gasteiger partial charge in [0.1, 0.15) is 0 Å². The van der Waals surface area contributed by atoms with Gasteiger partial charge in [0.15, 0.2) is 0 Å². The Morgan fingerprint density at radius 3 is 2.72 bits per heavy atom. The van der Waals surface area contributed by atoms with E-state index in [1.807, 2.05) is 0 Å². The first-order valence-electron chi connectivity index (χ1n) is 6.00. The Morgan fingerprint density at radius 1 is 1.39 bits per heavy atom. The zero-order valence-corrected chi connectivity index (χ0v) is 11.5. The summed E-state index contributed by atoms with van der Waals surface area (Å²) in [7, 11) is -1.51. The minimum atomic E-state index is -3.28. The van der Waals surface area contributed by atoms with Crippen molar-refractivity contribution in [3.05, 3.63) is 0 Å². The lowest BCUT2D eigenvalue weighted by atomic mass is 10.0. The topological polar surface area (TPSA) is 96.5 Å². The van der Waals surface area contributed by atoms with Gasteiger partial charge in [0.2, 0.25) is 15.9 Å². The first kappa shape index (κ1) is 15.4. The number of hydrogen-bond acceptors (Lipinski definition) is 5. The van der Waals surface area contributed by atoms with Crippen molar-refractivity contribution in [2.75, 3.05) is 39.1 Å². The number of nitrogens with one attached hydrogen (secondary N) is 3. The minimum Gasteiger partial charge on any atom is -0.379 e. The van der Waals surface area contributed by atoms with Gasteiger partial charge in [-0.3, -0.25) is 4.79 Å². The van der Waals surface area contributed by atoms with Crippen LogP contribution >= 0.6 is 0 Å². The molecule has 3 N–H and O–H groups in total. The van der Waals surface area contributed by atoms with E-state index in [0.717, 1.165) is 0 Å². The molecule has 2 unspecified atom stereocenters. The SMILES string of the molecule is CCNS(=O)(=O)CCNC(=O)C1COCC1NC. The van der Waals surface area contributed by atoms with Gasteiger partial charge in [0.25, 0.3) is 0 Å². The molecule has 8 heteroatoms. The van der Waals surface area contributed by atoms with Gasteiger partial charge in [-0.1, -0.05) is 6.92 Å². The molecule has 1 amide bonds. The number of carbonyl (C=O) groups is 1. The van der Waals surface area contributed by atoms with E-state index in [4.69, 9.17) is 4.74 Å². The molecule has 1 fully saturated rings. The third-order valence-corrected chi connectivity index (χ3v) is 4.29. The van der Waals surface area contributed by atoms with Gasteiger partial charge in [-0.2, -0.15) is 0 Å². The van der Waals surface area contributed by atoms with Gasteiger partial charge in [-0.05, 0) is 7.05 Å². The Bertz CT molecular complexity index is 371. The molecule has 18 heavy (non-hydrogen) atoms. The van der Waals surface area contributed by atoms with Crippen molar-refractivity contribution in [3.63, 3.8) is 0 Å². The average molecular weight is 279 g/mol. The van der Waals surface area contributed by atoms with Crippen molar-refractivity contribution < 1.29 is 17.9 Å². The predicted molar refractivity (Wildman–Crippen MR) is 67.6 cm³/mol. The Hall–Kier alpha value is -0.700. The monoisotopic (exact) mass is 279 g/mol. The lowest BCUT2D eigenvalue weighted by Gasteiger charge is -2.16. The molecular weight excluding hydrogens is 258 g/mol. The van der Waals surface area contributed by atoms with E-state index in [-0.39, 0.29) is 30.2 Å². The highest BCUT2D eigenvalue weighted by molar-refractivity contribution is 7.89. The molecule has 0 radical (unpaired) electrons. The second kappa shape index (κ2) is 7.03. The van der Waals surface area contributed by atoms with E-state index >= 15 is 0 Å². The minimum absolute atomic E-state index is 0.00428. The quantitative estimate of drug-likeness (QED) is 0.515. The van der Waals surface area contributed by atoms with Gasteiger partial charge < -0.3 is 15.4 Å². The Morgan fingerprint density at radius 2 is 2.11 bits per heavy atom. The maximum absolute atomic E-state index is 11.8. The van der Waals surface area contributed by atoms with Gasteiger partial charge >= 0.3 is 0 Å². The molecule has 7 nitrogen and oxygen atoms in total. The number of rotatable bonds is 7. The number of likely N-dealkylation sites (N-methyl/N-ethyl adjacent to an activating group) is 1. The van der Waals surface area contributed by atoms with E-state index < -0.39 is 10.0 Å². The first-order valence-corrected chi connectivity index (χ1v) is 7.65. The third kappa shape index (κ3) is 4.52. The van der Waals surface area contributed by atoms with Crippen LogP contribution in [0.25, 0.3) is 0 Å². The summed E-state index contributed by atoms with van der Waals surface area (Å²) in [4.78, 5) is 11.8. The van der Waals surface area contributed by atoms with Crippen LogP contribution in [-0.2, 0) is 19.6 Å². The molecule has 2 atom stereocenters.